The Kier molecular flexibility index (Phi) is 3.57. The highest BCUT2D eigenvalue weighted by molar-refractivity contribution is 6.33. The molecule has 21 heavy (non-hydrogen) atoms. The van der Waals surface area contributed by atoms with Gasteiger partial charge in [0, 0.05) is 18.6 Å². The van der Waals surface area contributed by atoms with E-state index in [2.05, 4.69) is 15.0 Å². The monoisotopic (exact) mass is 305 g/mol. The highest BCUT2D eigenvalue weighted by Gasteiger charge is 2.33. The molecule has 0 radical (unpaired) electrons. The van der Waals surface area contributed by atoms with E-state index in [0.29, 0.717) is 24.7 Å². The quantitative estimate of drug-likeness (QED) is 0.909. The Balaban J connectivity index is 1.58. The van der Waals surface area contributed by atoms with Gasteiger partial charge >= 0.3 is 6.01 Å². The van der Waals surface area contributed by atoms with Gasteiger partial charge in [-0.1, -0.05) is 11.6 Å². The number of nitrogen functional groups attached to an aromatic ring is 1. The lowest BCUT2D eigenvalue weighted by atomic mass is 10.1. The number of rotatable bonds is 3. The molecule has 0 unspecified atom stereocenters. The zero-order chi connectivity index (χ0) is 14.8. The molecule has 1 aliphatic heterocycles. The minimum atomic E-state index is -0.154. The Bertz CT molecular complexity index is 661. The molecule has 3 rings (SSSR count). The first-order valence-corrected chi connectivity index (χ1v) is 6.65. The summed E-state index contributed by atoms with van der Waals surface area (Å²) in [7, 11) is 0. The average Bonchev–Trinajstić information content (AvgIpc) is 2.46. The molecule has 0 aromatic carbocycles. The van der Waals surface area contributed by atoms with Crippen LogP contribution >= 0.6 is 11.6 Å². The largest absolute Gasteiger partial charge is 0.456 e. The number of ether oxygens (including phenoxy) is 1. The summed E-state index contributed by atoms with van der Waals surface area (Å²) in [6.45, 7) is 0.943. The molecule has 0 atom stereocenters. The SMILES string of the molecule is Nc1ncc(C(=O)N2CC(Oc3ncccn3)C2)cc1Cl. The number of pyridine rings is 1. The summed E-state index contributed by atoms with van der Waals surface area (Å²) in [6, 6.07) is 3.54. The van der Waals surface area contributed by atoms with Gasteiger partial charge in [-0.25, -0.2) is 15.0 Å². The number of carbonyl (C=O) groups excluding carboxylic acids is 1. The molecular weight excluding hydrogens is 294 g/mol. The van der Waals surface area contributed by atoms with Crippen LogP contribution in [0.15, 0.2) is 30.7 Å². The van der Waals surface area contributed by atoms with Gasteiger partial charge < -0.3 is 15.4 Å². The second kappa shape index (κ2) is 5.53. The Labute approximate surface area is 125 Å². The maximum atomic E-state index is 12.2. The zero-order valence-corrected chi connectivity index (χ0v) is 11.7. The summed E-state index contributed by atoms with van der Waals surface area (Å²) in [5.41, 5.74) is 5.92. The van der Waals surface area contributed by atoms with E-state index in [9.17, 15) is 4.79 Å². The van der Waals surface area contributed by atoms with Gasteiger partial charge in [0.1, 0.15) is 11.9 Å². The lowest BCUT2D eigenvalue weighted by molar-refractivity contribution is 0.0140. The highest BCUT2D eigenvalue weighted by atomic mass is 35.5. The molecule has 3 heterocycles. The van der Waals surface area contributed by atoms with E-state index in [1.165, 1.54) is 12.3 Å². The Morgan fingerprint density at radius 3 is 2.71 bits per heavy atom. The van der Waals surface area contributed by atoms with Crippen molar-refractivity contribution in [1.82, 2.24) is 19.9 Å². The molecule has 1 amide bonds. The number of carbonyl (C=O) groups is 1. The smallest absolute Gasteiger partial charge is 0.316 e. The maximum absolute atomic E-state index is 12.2. The van der Waals surface area contributed by atoms with Gasteiger partial charge in [0.05, 0.1) is 23.7 Å². The molecule has 2 aromatic heterocycles. The summed E-state index contributed by atoms with van der Waals surface area (Å²) in [5, 5.41) is 0.270. The molecule has 108 valence electrons. The van der Waals surface area contributed by atoms with Crippen molar-refractivity contribution < 1.29 is 9.53 Å². The standard InChI is InChI=1S/C13H12ClN5O2/c14-10-4-8(5-18-11(10)15)12(20)19-6-9(7-19)21-13-16-2-1-3-17-13/h1-5,9H,6-7H2,(H2,15,18). The maximum Gasteiger partial charge on any atom is 0.316 e. The first kappa shape index (κ1) is 13.6. The molecule has 7 nitrogen and oxygen atoms in total. The summed E-state index contributed by atoms with van der Waals surface area (Å²) in [6.07, 6.45) is 4.52. The Hall–Kier alpha value is -2.41. The van der Waals surface area contributed by atoms with Crippen molar-refractivity contribution in [2.45, 2.75) is 6.10 Å². The lowest BCUT2D eigenvalue weighted by Gasteiger charge is -2.38. The fourth-order valence-corrected chi connectivity index (χ4v) is 2.09. The third-order valence-corrected chi connectivity index (χ3v) is 3.37. The molecule has 1 aliphatic rings. The first-order valence-electron chi connectivity index (χ1n) is 6.27. The number of halogens is 1. The normalized spacial score (nSPS) is 14.6. The Morgan fingerprint density at radius 1 is 1.33 bits per heavy atom. The highest BCUT2D eigenvalue weighted by Crippen LogP contribution is 2.21. The van der Waals surface area contributed by atoms with Gasteiger partial charge in [-0.15, -0.1) is 0 Å². The number of likely N-dealkylation sites (tertiary alicyclic amines) is 1. The topological polar surface area (TPSA) is 94.2 Å². The summed E-state index contributed by atoms with van der Waals surface area (Å²) >= 11 is 5.86. The van der Waals surface area contributed by atoms with E-state index in [0.717, 1.165) is 0 Å². The Morgan fingerprint density at radius 2 is 2.05 bits per heavy atom. The number of nitrogens with zero attached hydrogens (tertiary/aromatic N) is 4. The van der Waals surface area contributed by atoms with Crippen LogP contribution in [-0.2, 0) is 0 Å². The van der Waals surface area contributed by atoms with E-state index in [1.54, 1.807) is 23.4 Å². The number of hydrogen-bond acceptors (Lipinski definition) is 6. The van der Waals surface area contributed by atoms with Gasteiger partial charge in [-0.05, 0) is 12.1 Å². The number of nitrogens with two attached hydrogens (primary N) is 1. The minimum absolute atomic E-state index is 0.103. The van der Waals surface area contributed by atoms with Crippen molar-refractivity contribution in [2.75, 3.05) is 18.8 Å². The van der Waals surface area contributed by atoms with Crippen LogP contribution in [0, 0.1) is 0 Å². The number of anilines is 1. The summed E-state index contributed by atoms with van der Waals surface area (Å²) in [5.74, 6) is 0.0532. The van der Waals surface area contributed by atoms with Crippen LogP contribution in [0.5, 0.6) is 6.01 Å². The van der Waals surface area contributed by atoms with Crippen LogP contribution < -0.4 is 10.5 Å². The second-order valence-corrected chi connectivity index (χ2v) is 4.98. The molecule has 2 N–H and O–H groups in total. The van der Waals surface area contributed by atoms with Gasteiger partial charge in [0.15, 0.2) is 0 Å². The van der Waals surface area contributed by atoms with Gasteiger partial charge in [0.2, 0.25) is 0 Å². The van der Waals surface area contributed by atoms with E-state index in [4.69, 9.17) is 22.1 Å². The third kappa shape index (κ3) is 2.87. The number of aromatic nitrogens is 3. The summed E-state index contributed by atoms with van der Waals surface area (Å²) in [4.78, 5) is 25.6. The van der Waals surface area contributed by atoms with Crippen LogP contribution in [0.2, 0.25) is 5.02 Å². The molecule has 1 fully saturated rings. The van der Waals surface area contributed by atoms with Crippen LogP contribution in [0.3, 0.4) is 0 Å². The van der Waals surface area contributed by atoms with E-state index in [1.807, 2.05) is 0 Å². The van der Waals surface area contributed by atoms with E-state index < -0.39 is 0 Å². The summed E-state index contributed by atoms with van der Waals surface area (Å²) < 4.78 is 5.53. The fourth-order valence-electron chi connectivity index (χ4n) is 1.92. The van der Waals surface area contributed by atoms with Crippen molar-refractivity contribution in [2.24, 2.45) is 0 Å². The van der Waals surface area contributed by atoms with Gasteiger partial charge in [-0.3, -0.25) is 4.79 Å². The molecule has 1 saturated heterocycles. The van der Waals surface area contributed by atoms with E-state index in [-0.39, 0.29) is 22.9 Å². The van der Waals surface area contributed by atoms with Crippen molar-refractivity contribution in [3.8, 4) is 6.01 Å². The van der Waals surface area contributed by atoms with E-state index >= 15 is 0 Å². The van der Waals surface area contributed by atoms with Crippen LogP contribution in [0.4, 0.5) is 5.82 Å². The lowest BCUT2D eigenvalue weighted by Crippen LogP contribution is -2.56. The molecular formula is C13H12ClN5O2. The molecule has 0 saturated carbocycles. The predicted octanol–water partition coefficient (Wildman–Crippen LogP) is 1.01. The zero-order valence-electron chi connectivity index (χ0n) is 10.9. The van der Waals surface area contributed by atoms with Crippen LogP contribution in [0.1, 0.15) is 10.4 Å². The van der Waals surface area contributed by atoms with Crippen molar-refractivity contribution in [3.63, 3.8) is 0 Å². The fraction of sp³-hybridized carbons (Fsp3) is 0.231. The van der Waals surface area contributed by atoms with Crippen LogP contribution in [-0.4, -0.2) is 45.0 Å². The predicted molar refractivity (Wildman–Crippen MR) is 76.0 cm³/mol. The van der Waals surface area contributed by atoms with Crippen molar-refractivity contribution in [3.05, 3.63) is 41.3 Å². The van der Waals surface area contributed by atoms with Crippen molar-refractivity contribution in [1.29, 1.82) is 0 Å². The van der Waals surface area contributed by atoms with Crippen LogP contribution in [0.25, 0.3) is 0 Å². The van der Waals surface area contributed by atoms with Gasteiger partial charge in [0.25, 0.3) is 5.91 Å². The molecule has 0 aliphatic carbocycles. The molecule has 0 spiro atoms. The number of amides is 1. The van der Waals surface area contributed by atoms with Gasteiger partial charge in [-0.2, -0.15) is 0 Å². The van der Waals surface area contributed by atoms with Crippen molar-refractivity contribution >= 4 is 23.3 Å². The molecule has 0 bridgehead atoms. The number of hydrogen-bond donors (Lipinski definition) is 1. The molecule has 8 heteroatoms. The average molecular weight is 306 g/mol. The molecule has 2 aromatic rings. The minimum Gasteiger partial charge on any atom is -0.456 e. The third-order valence-electron chi connectivity index (χ3n) is 3.07. The second-order valence-electron chi connectivity index (χ2n) is 4.57. The first-order chi connectivity index (χ1) is 10.1.